The van der Waals surface area contributed by atoms with Gasteiger partial charge in [0, 0.05) is 11.1 Å². The molecule has 0 saturated heterocycles. The van der Waals surface area contributed by atoms with Gasteiger partial charge in [0.25, 0.3) is 0 Å². The molecule has 0 aliphatic carbocycles. The minimum Gasteiger partial charge on any atom is -0.504 e. The lowest BCUT2D eigenvalue weighted by atomic mass is 9.89. The first-order valence-electron chi connectivity index (χ1n) is 4.46. The maximum Gasteiger partial charge on any atom is 0.416 e. The van der Waals surface area contributed by atoms with Crippen molar-refractivity contribution in [3.05, 3.63) is 23.3 Å². The molecule has 0 fully saturated rings. The third kappa shape index (κ3) is 2.21. The fourth-order valence-electron chi connectivity index (χ4n) is 1.47. The second kappa shape index (κ2) is 3.55. The molecule has 6 heteroatoms. The van der Waals surface area contributed by atoms with Gasteiger partial charge >= 0.3 is 6.18 Å². The number of hydrogen-bond acceptors (Lipinski definition) is 3. The number of aromatic hydroxyl groups is 2. The molecular weight excluding hydrogens is 223 g/mol. The van der Waals surface area contributed by atoms with Crippen LogP contribution in [-0.4, -0.2) is 10.2 Å². The van der Waals surface area contributed by atoms with Gasteiger partial charge in [0.2, 0.25) is 0 Å². The summed E-state index contributed by atoms with van der Waals surface area (Å²) in [5, 5.41) is 18.6. The second-order valence-electron chi connectivity index (χ2n) is 4.08. The summed E-state index contributed by atoms with van der Waals surface area (Å²) in [6.07, 6.45) is -4.63. The molecule has 1 aromatic carbocycles. The van der Waals surface area contributed by atoms with Crippen molar-refractivity contribution < 1.29 is 23.4 Å². The highest BCUT2D eigenvalue weighted by molar-refractivity contribution is 5.52. The average Bonchev–Trinajstić information content (AvgIpc) is 2.05. The van der Waals surface area contributed by atoms with E-state index in [2.05, 4.69) is 0 Å². The van der Waals surface area contributed by atoms with Crippen LogP contribution in [0.5, 0.6) is 11.5 Å². The van der Waals surface area contributed by atoms with E-state index in [0.29, 0.717) is 6.07 Å². The Balaban J connectivity index is 3.59. The fourth-order valence-corrected chi connectivity index (χ4v) is 1.47. The topological polar surface area (TPSA) is 66.5 Å². The van der Waals surface area contributed by atoms with Gasteiger partial charge in [-0.15, -0.1) is 0 Å². The van der Waals surface area contributed by atoms with Crippen molar-refractivity contribution in [3.8, 4) is 11.5 Å². The van der Waals surface area contributed by atoms with Crippen molar-refractivity contribution >= 4 is 0 Å². The van der Waals surface area contributed by atoms with Crippen LogP contribution in [-0.2, 0) is 11.7 Å². The van der Waals surface area contributed by atoms with E-state index >= 15 is 0 Å². The molecule has 4 N–H and O–H groups in total. The summed E-state index contributed by atoms with van der Waals surface area (Å²) in [5.74, 6) is -1.45. The van der Waals surface area contributed by atoms with Crippen LogP contribution >= 0.6 is 0 Å². The van der Waals surface area contributed by atoms with E-state index in [1.165, 1.54) is 13.8 Å². The van der Waals surface area contributed by atoms with E-state index in [1.807, 2.05) is 0 Å². The van der Waals surface area contributed by atoms with Gasteiger partial charge in [-0.3, -0.25) is 0 Å². The van der Waals surface area contributed by atoms with Crippen molar-refractivity contribution in [2.45, 2.75) is 25.6 Å². The molecule has 0 bridgehead atoms. The quantitative estimate of drug-likeness (QED) is 0.654. The zero-order chi connectivity index (χ0) is 12.7. The van der Waals surface area contributed by atoms with E-state index < -0.39 is 34.3 Å². The van der Waals surface area contributed by atoms with Crippen molar-refractivity contribution in [1.29, 1.82) is 0 Å². The number of benzene rings is 1. The molecule has 0 heterocycles. The molecular formula is C10H12F3NO2. The van der Waals surface area contributed by atoms with E-state index in [9.17, 15) is 23.4 Å². The number of nitrogens with two attached hydrogens (primary N) is 1. The van der Waals surface area contributed by atoms with Gasteiger partial charge in [-0.25, -0.2) is 0 Å². The lowest BCUT2D eigenvalue weighted by Crippen LogP contribution is -2.31. The van der Waals surface area contributed by atoms with Gasteiger partial charge < -0.3 is 15.9 Å². The van der Waals surface area contributed by atoms with Crippen LogP contribution in [0.25, 0.3) is 0 Å². The molecule has 90 valence electrons. The Kier molecular flexibility index (Phi) is 2.81. The molecule has 0 amide bonds. The van der Waals surface area contributed by atoms with Crippen molar-refractivity contribution in [1.82, 2.24) is 0 Å². The molecule has 1 rings (SSSR count). The maximum atomic E-state index is 12.6. The molecule has 0 radical (unpaired) electrons. The minimum atomic E-state index is -4.63. The van der Waals surface area contributed by atoms with Crippen molar-refractivity contribution in [2.24, 2.45) is 5.73 Å². The third-order valence-electron chi connectivity index (χ3n) is 2.11. The summed E-state index contributed by atoms with van der Waals surface area (Å²) in [5.41, 5.74) is 2.58. The number of halogens is 3. The van der Waals surface area contributed by atoms with Crippen LogP contribution in [0.15, 0.2) is 12.1 Å². The van der Waals surface area contributed by atoms with E-state index in [0.717, 1.165) is 6.07 Å². The van der Waals surface area contributed by atoms with Gasteiger partial charge in [0.05, 0.1) is 5.56 Å². The molecule has 16 heavy (non-hydrogen) atoms. The molecule has 0 aliphatic heterocycles. The Morgan fingerprint density at radius 1 is 1.12 bits per heavy atom. The summed E-state index contributed by atoms with van der Waals surface area (Å²) in [7, 11) is 0. The first-order chi connectivity index (χ1) is 7.05. The molecule has 0 saturated carbocycles. The van der Waals surface area contributed by atoms with Crippen molar-refractivity contribution in [2.75, 3.05) is 0 Å². The summed E-state index contributed by atoms with van der Waals surface area (Å²) >= 11 is 0. The Bertz CT molecular complexity index is 408. The number of rotatable bonds is 1. The molecule has 0 aromatic heterocycles. The maximum absolute atomic E-state index is 12.6. The zero-order valence-corrected chi connectivity index (χ0v) is 8.76. The SMILES string of the molecule is CC(C)(N)c1c(C(F)(F)F)ccc(O)c1O. The Morgan fingerprint density at radius 3 is 2.00 bits per heavy atom. The molecule has 0 atom stereocenters. The standard InChI is InChI=1S/C10H12F3NO2/c1-9(2,14)7-5(10(11,12)13)3-4-6(15)8(7)16/h3-4,15-16H,14H2,1-2H3. The molecule has 0 unspecified atom stereocenters. The lowest BCUT2D eigenvalue weighted by molar-refractivity contribution is -0.138. The highest BCUT2D eigenvalue weighted by atomic mass is 19.4. The van der Waals surface area contributed by atoms with E-state index in [1.54, 1.807) is 0 Å². The Hall–Kier alpha value is -1.43. The normalized spacial score (nSPS) is 12.9. The van der Waals surface area contributed by atoms with Crippen LogP contribution in [0.1, 0.15) is 25.0 Å². The molecule has 3 nitrogen and oxygen atoms in total. The van der Waals surface area contributed by atoms with Crippen LogP contribution < -0.4 is 5.73 Å². The second-order valence-corrected chi connectivity index (χ2v) is 4.08. The number of hydrogen-bond donors (Lipinski definition) is 3. The summed E-state index contributed by atoms with van der Waals surface area (Å²) in [6, 6.07) is 1.48. The predicted molar refractivity (Wildman–Crippen MR) is 52.0 cm³/mol. The molecule has 0 aliphatic rings. The highest BCUT2D eigenvalue weighted by Gasteiger charge is 2.39. The van der Waals surface area contributed by atoms with E-state index in [-0.39, 0.29) is 0 Å². The van der Waals surface area contributed by atoms with Crippen LogP contribution in [0, 0.1) is 0 Å². The minimum absolute atomic E-state index is 0.514. The van der Waals surface area contributed by atoms with Crippen LogP contribution in [0.4, 0.5) is 13.2 Å². The van der Waals surface area contributed by atoms with Gasteiger partial charge in [0.1, 0.15) is 0 Å². The lowest BCUT2D eigenvalue weighted by Gasteiger charge is -2.25. The van der Waals surface area contributed by atoms with Gasteiger partial charge in [-0.05, 0) is 26.0 Å². The average molecular weight is 235 g/mol. The smallest absolute Gasteiger partial charge is 0.416 e. The number of phenols is 2. The molecule has 1 aromatic rings. The molecule has 0 spiro atoms. The zero-order valence-electron chi connectivity index (χ0n) is 8.76. The van der Waals surface area contributed by atoms with Crippen LogP contribution in [0.3, 0.4) is 0 Å². The van der Waals surface area contributed by atoms with Crippen LogP contribution in [0.2, 0.25) is 0 Å². The summed E-state index contributed by atoms with van der Waals surface area (Å²) in [6.45, 7) is 2.63. The fraction of sp³-hybridized carbons (Fsp3) is 0.400. The number of alkyl halides is 3. The first kappa shape index (κ1) is 12.6. The summed E-state index contributed by atoms with van der Waals surface area (Å²) in [4.78, 5) is 0. The van der Waals surface area contributed by atoms with Gasteiger partial charge in [-0.1, -0.05) is 0 Å². The van der Waals surface area contributed by atoms with Crippen molar-refractivity contribution in [3.63, 3.8) is 0 Å². The largest absolute Gasteiger partial charge is 0.504 e. The van der Waals surface area contributed by atoms with Gasteiger partial charge in [-0.2, -0.15) is 13.2 Å². The summed E-state index contributed by atoms with van der Waals surface area (Å²) < 4.78 is 37.9. The highest BCUT2D eigenvalue weighted by Crippen LogP contribution is 2.43. The first-order valence-corrected chi connectivity index (χ1v) is 4.46. The van der Waals surface area contributed by atoms with Gasteiger partial charge in [0.15, 0.2) is 11.5 Å². The third-order valence-corrected chi connectivity index (χ3v) is 2.11. The Morgan fingerprint density at radius 2 is 1.62 bits per heavy atom. The Labute approximate surface area is 90.3 Å². The predicted octanol–water partition coefficient (Wildman–Crippen LogP) is 2.31. The monoisotopic (exact) mass is 235 g/mol. The number of phenolic OH excluding ortho intramolecular Hbond substituents is 2. The van der Waals surface area contributed by atoms with E-state index in [4.69, 9.17) is 5.73 Å².